The van der Waals surface area contributed by atoms with Crippen molar-refractivity contribution < 1.29 is 19.5 Å². The number of carbonyl (C=O) groups excluding carboxylic acids is 3. The topological polar surface area (TPSA) is 137 Å². The SMILES string of the molecule is CNNC(=O)N1CCc2c1ccc1[nH]c(C(=O)N3CCc4c3ccc3[nH]c(C(=O)N5C[C@@H](CCl)c6c5cc(O)c5ccccc65)cc43)cc21. The van der Waals surface area contributed by atoms with Gasteiger partial charge in [-0.15, -0.1) is 11.6 Å². The van der Waals surface area contributed by atoms with E-state index in [-0.39, 0.29) is 29.5 Å². The van der Waals surface area contributed by atoms with Crippen LogP contribution in [0.5, 0.6) is 5.75 Å². The lowest BCUT2D eigenvalue weighted by atomic mass is 9.95. The summed E-state index contributed by atoms with van der Waals surface area (Å²) in [6.45, 7) is 1.48. The van der Waals surface area contributed by atoms with Crippen LogP contribution >= 0.6 is 11.6 Å². The molecule has 2 aromatic heterocycles. The molecule has 9 rings (SSSR count). The molecule has 4 aromatic carbocycles. The molecule has 1 atom stereocenters. The second-order valence-corrected chi connectivity index (χ2v) is 13.2. The van der Waals surface area contributed by atoms with Gasteiger partial charge in [-0.3, -0.25) is 19.9 Å². The van der Waals surface area contributed by atoms with Crippen LogP contribution in [0.4, 0.5) is 21.9 Å². The highest BCUT2D eigenvalue weighted by molar-refractivity contribution is 6.19. The molecule has 4 amide bonds. The van der Waals surface area contributed by atoms with E-state index in [9.17, 15) is 19.5 Å². The van der Waals surface area contributed by atoms with Crippen LogP contribution in [0.25, 0.3) is 32.6 Å². The van der Waals surface area contributed by atoms with Crippen LogP contribution in [0.15, 0.2) is 66.7 Å². The van der Waals surface area contributed by atoms with Gasteiger partial charge in [0.2, 0.25) is 0 Å². The number of aromatic hydroxyl groups is 1. The average molecular weight is 674 g/mol. The van der Waals surface area contributed by atoms with E-state index in [1.807, 2.05) is 60.7 Å². The standard InChI is InChI=1S/C37H32ClN7O4/c1-39-42-37(49)44-13-11-21-25-14-28(40-27(25)7-9-31(21)44)35(47)43-12-10-20-24-15-29(41-26(24)6-8-30(20)43)36(48)45-18-19(17-38)34-23-5-3-2-4-22(23)33(46)16-32(34)45/h2-9,14-16,19,39-41,46H,10-13,17-18H2,1H3,(H,42,49)/t19-/m1/s1. The number of rotatable bonds is 4. The molecule has 49 heavy (non-hydrogen) atoms. The molecule has 3 aliphatic heterocycles. The van der Waals surface area contributed by atoms with Gasteiger partial charge in [-0.05, 0) is 71.3 Å². The van der Waals surface area contributed by atoms with Gasteiger partial charge in [0, 0.05) is 83.1 Å². The Morgan fingerprint density at radius 3 is 2.00 bits per heavy atom. The van der Waals surface area contributed by atoms with Crippen LogP contribution in [0, 0.1) is 0 Å². The van der Waals surface area contributed by atoms with Crippen molar-refractivity contribution in [3.63, 3.8) is 0 Å². The Kier molecular flexibility index (Phi) is 6.65. The molecule has 0 radical (unpaired) electrons. The lowest BCUT2D eigenvalue weighted by molar-refractivity contribution is 0.0977. The zero-order valence-corrected chi connectivity index (χ0v) is 27.3. The molecule has 0 spiro atoms. The molecular formula is C37H32ClN7O4. The van der Waals surface area contributed by atoms with E-state index in [4.69, 9.17) is 11.6 Å². The predicted octanol–water partition coefficient (Wildman–Crippen LogP) is 5.90. The minimum Gasteiger partial charge on any atom is -0.507 e. The van der Waals surface area contributed by atoms with Gasteiger partial charge in [0.1, 0.15) is 17.1 Å². The number of phenolic OH excluding ortho intramolecular Hbond substituents is 1. The van der Waals surface area contributed by atoms with Crippen LogP contribution < -0.4 is 25.6 Å². The summed E-state index contributed by atoms with van der Waals surface area (Å²) >= 11 is 6.42. The molecule has 0 aliphatic carbocycles. The third-order valence-corrected chi connectivity index (χ3v) is 10.7. The first-order valence-corrected chi connectivity index (χ1v) is 16.9. The average Bonchev–Trinajstić information content (AvgIpc) is 3.94. The van der Waals surface area contributed by atoms with Crippen molar-refractivity contribution in [1.82, 2.24) is 20.8 Å². The van der Waals surface area contributed by atoms with Gasteiger partial charge in [-0.1, -0.05) is 24.3 Å². The number of H-pyrrole nitrogens is 2. The third kappa shape index (κ3) is 4.35. The maximum absolute atomic E-state index is 14.1. The number of hydrazine groups is 1. The Hall–Kier alpha value is -5.52. The normalized spacial score (nSPS) is 16.5. The highest BCUT2D eigenvalue weighted by atomic mass is 35.5. The maximum atomic E-state index is 14.1. The van der Waals surface area contributed by atoms with Crippen molar-refractivity contribution in [2.75, 3.05) is 47.3 Å². The molecular weight excluding hydrogens is 642 g/mol. The highest BCUT2D eigenvalue weighted by Gasteiger charge is 2.36. The summed E-state index contributed by atoms with van der Waals surface area (Å²) in [5.74, 6) is 0.0694. The molecule has 0 fully saturated rings. The molecule has 12 heteroatoms. The second-order valence-electron chi connectivity index (χ2n) is 12.8. The van der Waals surface area contributed by atoms with Crippen molar-refractivity contribution in [3.8, 4) is 5.75 Å². The number of hydrogen-bond donors (Lipinski definition) is 5. The van der Waals surface area contributed by atoms with Gasteiger partial charge in [0.05, 0.1) is 5.69 Å². The Balaban J connectivity index is 1.02. The van der Waals surface area contributed by atoms with Gasteiger partial charge in [-0.25, -0.2) is 10.2 Å². The van der Waals surface area contributed by atoms with Crippen LogP contribution in [0.3, 0.4) is 0 Å². The number of carbonyl (C=O) groups is 3. The van der Waals surface area contributed by atoms with E-state index in [0.29, 0.717) is 55.4 Å². The Labute approximate surface area is 285 Å². The molecule has 6 aromatic rings. The number of phenols is 1. The van der Waals surface area contributed by atoms with Gasteiger partial charge in [0.15, 0.2) is 0 Å². The first kappa shape index (κ1) is 29.6. The zero-order chi connectivity index (χ0) is 33.6. The van der Waals surface area contributed by atoms with Crippen LogP contribution in [-0.4, -0.2) is 65.5 Å². The van der Waals surface area contributed by atoms with E-state index in [0.717, 1.165) is 60.6 Å². The molecule has 5 heterocycles. The predicted molar refractivity (Wildman–Crippen MR) is 191 cm³/mol. The summed E-state index contributed by atoms with van der Waals surface area (Å²) in [6.07, 6.45) is 1.34. The summed E-state index contributed by atoms with van der Waals surface area (Å²) < 4.78 is 0. The van der Waals surface area contributed by atoms with E-state index in [1.165, 1.54) is 0 Å². The number of fused-ring (bicyclic) bond motifs is 9. The highest BCUT2D eigenvalue weighted by Crippen LogP contribution is 2.46. The van der Waals surface area contributed by atoms with Crippen LogP contribution in [-0.2, 0) is 12.8 Å². The summed E-state index contributed by atoms with van der Waals surface area (Å²) in [5.41, 5.74) is 13.2. The minimum absolute atomic E-state index is 0.0678. The molecule has 246 valence electrons. The van der Waals surface area contributed by atoms with Crippen molar-refractivity contribution >= 4 is 79.1 Å². The number of anilines is 3. The second kappa shape index (κ2) is 11.0. The number of aromatic amines is 2. The molecule has 0 saturated heterocycles. The quantitative estimate of drug-likeness (QED) is 0.117. The molecule has 0 saturated carbocycles. The Morgan fingerprint density at radius 1 is 0.776 bits per heavy atom. The zero-order valence-electron chi connectivity index (χ0n) is 26.6. The fraction of sp³-hybridized carbons (Fsp3) is 0.216. The van der Waals surface area contributed by atoms with Crippen molar-refractivity contribution in [2.24, 2.45) is 0 Å². The van der Waals surface area contributed by atoms with E-state index >= 15 is 0 Å². The minimum atomic E-state index is -0.223. The molecule has 3 aliphatic rings. The summed E-state index contributed by atoms with van der Waals surface area (Å²) in [5, 5.41) is 14.3. The number of amides is 4. The van der Waals surface area contributed by atoms with E-state index < -0.39 is 0 Å². The van der Waals surface area contributed by atoms with Gasteiger partial charge in [-0.2, -0.15) is 0 Å². The number of hydrogen-bond acceptors (Lipinski definition) is 5. The van der Waals surface area contributed by atoms with E-state index in [2.05, 4.69) is 20.8 Å². The summed E-state index contributed by atoms with van der Waals surface area (Å²) in [6, 6.07) is 20.5. The van der Waals surface area contributed by atoms with Gasteiger partial charge < -0.3 is 24.9 Å². The number of aromatic nitrogens is 2. The fourth-order valence-electron chi connectivity index (χ4n) is 8.09. The number of nitrogens with zero attached hydrogens (tertiary/aromatic N) is 3. The lowest BCUT2D eigenvalue weighted by Gasteiger charge is -2.17. The van der Waals surface area contributed by atoms with Crippen molar-refractivity contribution in [2.45, 2.75) is 18.8 Å². The maximum Gasteiger partial charge on any atom is 0.336 e. The van der Waals surface area contributed by atoms with Crippen molar-refractivity contribution in [3.05, 3.63) is 94.8 Å². The smallest absolute Gasteiger partial charge is 0.336 e. The molecule has 0 bridgehead atoms. The lowest BCUT2D eigenvalue weighted by Crippen LogP contribution is -2.44. The Bertz CT molecular complexity index is 2400. The summed E-state index contributed by atoms with van der Waals surface area (Å²) in [7, 11) is 1.65. The molecule has 11 nitrogen and oxygen atoms in total. The number of alkyl halides is 1. The Morgan fingerprint density at radius 2 is 1.37 bits per heavy atom. The largest absolute Gasteiger partial charge is 0.507 e. The van der Waals surface area contributed by atoms with Crippen molar-refractivity contribution in [1.29, 1.82) is 0 Å². The third-order valence-electron chi connectivity index (χ3n) is 10.3. The van der Waals surface area contributed by atoms with Crippen LogP contribution in [0.1, 0.15) is 43.6 Å². The van der Waals surface area contributed by atoms with Crippen LogP contribution in [0.2, 0.25) is 0 Å². The molecule has 5 N–H and O–H groups in total. The van der Waals surface area contributed by atoms with E-state index in [1.54, 1.807) is 27.8 Å². The van der Waals surface area contributed by atoms with Gasteiger partial charge in [0.25, 0.3) is 11.8 Å². The fourth-order valence-corrected chi connectivity index (χ4v) is 8.34. The summed E-state index contributed by atoms with van der Waals surface area (Å²) in [4.78, 5) is 52.4. The van der Waals surface area contributed by atoms with Gasteiger partial charge >= 0.3 is 6.03 Å². The molecule has 0 unspecified atom stereocenters. The monoisotopic (exact) mass is 673 g/mol. The first-order chi connectivity index (χ1) is 23.9. The number of nitrogens with one attached hydrogen (secondary N) is 4. The first-order valence-electron chi connectivity index (χ1n) is 16.3. The number of benzene rings is 4. The number of halogens is 1. The number of urea groups is 1.